The zero-order chi connectivity index (χ0) is 23.9. The summed E-state index contributed by atoms with van der Waals surface area (Å²) < 4.78 is 26.1. The average molecular weight is 480 g/mol. The Kier molecular flexibility index (Phi) is 9.09. The number of benzene rings is 2. The Balaban J connectivity index is 2.16. The molecule has 0 aliphatic carbocycles. The molecule has 2 rings (SSSR count). The minimum Gasteiger partial charge on any atom is -0.357 e. The van der Waals surface area contributed by atoms with Gasteiger partial charge >= 0.3 is 0 Å². The number of carbonyl (C=O) groups is 2. The highest BCUT2D eigenvalue weighted by Crippen LogP contribution is 2.26. The van der Waals surface area contributed by atoms with E-state index in [0.717, 1.165) is 17.4 Å². The molecule has 0 bridgehead atoms. The topological polar surface area (TPSA) is 86.8 Å². The van der Waals surface area contributed by atoms with Crippen LogP contribution in [0.15, 0.2) is 48.5 Å². The molecule has 0 aliphatic rings. The van der Waals surface area contributed by atoms with Crippen LogP contribution in [0.3, 0.4) is 0 Å². The van der Waals surface area contributed by atoms with Crippen LogP contribution in [-0.4, -0.2) is 51.0 Å². The van der Waals surface area contributed by atoms with Gasteiger partial charge in [-0.05, 0) is 43.5 Å². The molecular formula is C23H30ClN3O4S. The van der Waals surface area contributed by atoms with Crippen molar-refractivity contribution in [2.45, 2.75) is 39.3 Å². The third-order valence-corrected chi connectivity index (χ3v) is 6.62. The second kappa shape index (κ2) is 11.3. The summed E-state index contributed by atoms with van der Waals surface area (Å²) in [5.41, 5.74) is 2.17. The summed E-state index contributed by atoms with van der Waals surface area (Å²) in [5.74, 6) is -0.484. The van der Waals surface area contributed by atoms with E-state index in [1.54, 1.807) is 25.1 Å². The lowest BCUT2D eigenvalue weighted by Gasteiger charge is -2.29. The molecule has 0 fully saturated rings. The number of rotatable bonds is 10. The van der Waals surface area contributed by atoms with Crippen molar-refractivity contribution in [1.29, 1.82) is 0 Å². The minimum absolute atomic E-state index is 0.0970. The maximum Gasteiger partial charge on any atom is 0.242 e. The van der Waals surface area contributed by atoms with Crippen LogP contribution in [0.25, 0.3) is 0 Å². The largest absolute Gasteiger partial charge is 0.357 e. The van der Waals surface area contributed by atoms with Crippen LogP contribution in [0, 0.1) is 6.92 Å². The Labute approximate surface area is 195 Å². The summed E-state index contributed by atoms with van der Waals surface area (Å²) in [7, 11) is -2.04. The first-order valence-electron chi connectivity index (χ1n) is 10.3. The van der Waals surface area contributed by atoms with Crippen molar-refractivity contribution in [3.63, 3.8) is 0 Å². The van der Waals surface area contributed by atoms with Crippen molar-refractivity contribution < 1.29 is 18.0 Å². The van der Waals surface area contributed by atoms with Crippen LogP contribution >= 0.6 is 11.6 Å². The molecular weight excluding hydrogens is 450 g/mol. The Bertz CT molecular complexity index is 1040. The van der Waals surface area contributed by atoms with Crippen LogP contribution in [0.2, 0.25) is 5.02 Å². The molecule has 0 saturated heterocycles. The highest BCUT2D eigenvalue weighted by atomic mass is 35.5. The molecule has 0 aliphatic heterocycles. The molecule has 0 aromatic heterocycles. The zero-order valence-corrected chi connectivity index (χ0v) is 20.4. The number of sulfonamides is 1. The monoisotopic (exact) mass is 479 g/mol. The van der Waals surface area contributed by atoms with Crippen LogP contribution in [-0.2, 0) is 26.2 Å². The predicted molar refractivity (Wildman–Crippen MR) is 128 cm³/mol. The number of nitrogens with one attached hydrogen (secondary N) is 1. The minimum atomic E-state index is -3.57. The molecule has 0 heterocycles. The SMILES string of the molecule is CNC(=O)[C@H](C)N(Cc1ccccc1)C(=O)CCCN(c1cc(Cl)ccc1C)S(C)(=O)=O. The Morgan fingerprint density at radius 1 is 1.12 bits per heavy atom. The van der Waals surface area contributed by atoms with Crippen molar-refractivity contribution in [3.8, 4) is 0 Å². The zero-order valence-electron chi connectivity index (χ0n) is 18.8. The van der Waals surface area contributed by atoms with Crippen molar-refractivity contribution >= 4 is 39.1 Å². The summed E-state index contributed by atoms with van der Waals surface area (Å²) in [6, 6.07) is 13.8. The van der Waals surface area contributed by atoms with Gasteiger partial charge < -0.3 is 10.2 Å². The summed E-state index contributed by atoms with van der Waals surface area (Å²) in [6.45, 7) is 3.90. The van der Waals surface area contributed by atoms with Gasteiger partial charge in [-0.3, -0.25) is 13.9 Å². The van der Waals surface area contributed by atoms with Crippen molar-refractivity contribution in [1.82, 2.24) is 10.2 Å². The molecule has 9 heteroatoms. The summed E-state index contributed by atoms with van der Waals surface area (Å²) >= 11 is 6.07. The van der Waals surface area contributed by atoms with Crippen molar-refractivity contribution in [2.75, 3.05) is 24.2 Å². The van der Waals surface area contributed by atoms with Crippen molar-refractivity contribution in [2.24, 2.45) is 0 Å². The van der Waals surface area contributed by atoms with Crippen LogP contribution in [0.5, 0.6) is 0 Å². The first kappa shape index (κ1) is 25.7. The van der Waals surface area contributed by atoms with E-state index < -0.39 is 16.1 Å². The third-order valence-electron chi connectivity index (χ3n) is 5.20. The molecule has 2 amide bonds. The van der Waals surface area contributed by atoms with E-state index >= 15 is 0 Å². The summed E-state index contributed by atoms with van der Waals surface area (Å²) in [4.78, 5) is 26.8. The normalized spacial score (nSPS) is 12.2. The molecule has 7 nitrogen and oxygen atoms in total. The van der Waals surface area contributed by atoms with Gasteiger partial charge in [0.05, 0.1) is 11.9 Å². The maximum atomic E-state index is 13.1. The first-order valence-corrected chi connectivity index (χ1v) is 12.6. The molecule has 2 aromatic carbocycles. The predicted octanol–water partition coefficient (Wildman–Crippen LogP) is 3.36. The lowest BCUT2D eigenvalue weighted by Crippen LogP contribution is -2.46. The third kappa shape index (κ3) is 6.97. The fourth-order valence-corrected chi connectivity index (χ4v) is 4.59. The van der Waals surface area contributed by atoms with Gasteiger partial charge in [-0.25, -0.2) is 8.42 Å². The molecule has 32 heavy (non-hydrogen) atoms. The number of anilines is 1. The molecule has 0 saturated carbocycles. The highest BCUT2D eigenvalue weighted by molar-refractivity contribution is 7.92. The van der Waals surface area contributed by atoms with Gasteiger partial charge in [0.25, 0.3) is 0 Å². The number of amides is 2. The molecule has 0 unspecified atom stereocenters. The van der Waals surface area contributed by atoms with Gasteiger partial charge in [-0.1, -0.05) is 48.0 Å². The van der Waals surface area contributed by atoms with Crippen LogP contribution in [0.1, 0.15) is 30.9 Å². The molecule has 2 aromatic rings. The molecule has 1 N–H and O–H groups in total. The van der Waals surface area contributed by atoms with Crippen molar-refractivity contribution in [3.05, 3.63) is 64.7 Å². The number of halogens is 1. The van der Waals surface area contributed by atoms with Gasteiger partial charge in [0.15, 0.2) is 0 Å². The Morgan fingerprint density at radius 3 is 2.38 bits per heavy atom. The van der Waals surface area contributed by atoms with E-state index in [2.05, 4.69) is 5.32 Å². The number of nitrogens with zero attached hydrogens (tertiary/aromatic N) is 2. The molecule has 0 spiro atoms. The summed E-state index contributed by atoms with van der Waals surface area (Å²) in [5, 5.41) is 3.01. The highest BCUT2D eigenvalue weighted by Gasteiger charge is 2.26. The second-order valence-corrected chi connectivity index (χ2v) is 10.0. The van der Waals surface area contributed by atoms with Crippen LogP contribution in [0.4, 0.5) is 5.69 Å². The van der Waals surface area contributed by atoms with E-state index in [4.69, 9.17) is 11.6 Å². The second-order valence-electron chi connectivity index (χ2n) is 7.67. The van der Waals surface area contributed by atoms with E-state index in [0.29, 0.717) is 17.1 Å². The lowest BCUT2D eigenvalue weighted by molar-refractivity contribution is -0.140. The van der Waals surface area contributed by atoms with E-state index in [-0.39, 0.29) is 31.3 Å². The van der Waals surface area contributed by atoms with Crippen LogP contribution < -0.4 is 9.62 Å². The fourth-order valence-electron chi connectivity index (χ4n) is 3.41. The van der Waals surface area contributed by atoms with Gasteiger partial charge in [-0.2, -0.15) is 0 Å². The molecule has 1 atom stereocenters. The maximum absolute atomic E-state index is 13.1. The number of hydrogen-bond donors (Lipinski definition) is 1. The quantitative estimate of drug-likeness (QED) is 0.566. The fraction of sp³-hybridized carbons (Fsp3) is 0.391. The van der Waals surface area contributed by atoms with Gasteiger partial charge in [-0.15, -0.1) is 0 Å². The summed E-state index contributed by atoms with van der Waals surface area (Å²) in [6.07, 6.45) is 1.52. The van der Waals surface area contributed by atoms with Gasteiger partial charge in [0, 0.05) is 31.6 Å². The van der Waals surface area contributed by atoms with Gasteiger partial charge in [0.1, 0.15) is 6.04 Å². The average Bonchev–Trinajstić information content (AvgIpc) is 2.75. The molecule has 174 valence electrons. The number of carbonyl (C=O) groups excluding carboxylic acids is 2. The van der Waals surface area contributed by atoms with E-state index in [1.807, 2.05) is 37.3 Å². The molecule has 0 radical (unpaired) electrons. The van der Waals surface area contributed by atoms with Gasteiger partial charge in [0.2, 0.25) is 21.8 Å². The Hall–Kier alpha value is -2.58. The standard InChI is InChI=1S/C23H30ClN3O4S/c1-17-12-13-20(24)15-21(17)27(32(4,30)31)14-8-11-22(28)26(18(2)23(29)25-3)16-19-9-6-5-7-10-19/h5-7,9-10,12-13,15,18H,8,11,14,16H2,1-4H3,(H,25,29)/t18-/m0/s1. The lowest BCUT2D eigenvalue weighted by atomic mass is 10.1. The number of hydrogen-bond acceptors (Lipinski definition) is 4. The Morgan fingerprint density at radius 2 is 1.78 bits per heavy atom. The smallest absolute Gasteiger partial charge is 0.242 e. The number of likely N-dealkylation sites (N-methyl/N-ethyl adjacent to an activating group) is 1. The van der Waals surface area contributed by atoms with E-state index in [1.165, 1.54) is 16.3 Å². The van der Waals surface area contributed by atoms with E-state index in [9.17, 15) is 18.0 Å². The first-order chi connectivity index (χ1) is 15.0. The number of aryl methyl sites for hydroxylation is 1.